The van der Waals surface area contributed by atoms with E-state index < -0.39 is 5.82 Å². The van der Waals surface area contributed by atoms with Gasteiger partial charge < -0.3 is 10.1 Å². The molecule has 0 unspecified atom stereocenters. The van der Waals surface area contributed by atoms with Gasteiger partial charge in [-0.2, -0.15) is 0 Å². The lowest BCUT2D eigenvalue weighted by Crippen LogP contribution is -2.28. The SMILES string of the molecule is O=C(COc1ccccc1F)NCc1cn2ccsc2n1. The Kier molecular flexibility index (Phi) is 3.83. The standard InChI is InChI=1S/C14H12FN3O2S/c15-11-3-1-2-4-12(11)20-9-13(19)16-7-10-8-18-5-6-21-14(18)17-10/h1-6,8H,7,9H2,(H,16,19). The number of aromatic nitrogens is 2. The van der Waals surface area contributed by atoms with E-state index in [1.165, 1.54) is 23.5 Å². The number of imidazole rings is 1. The molecule has 7 heteroatoms. The van der Waals surface area contributed by atoms with Crippen LogP contribution in [-0.4, -0.2) is 21.9 Å². The minimum absolute atomic E-state index is 0.0650. The minimum atomic E-state index is -0.486. The van der Waals surface area contributed by atoms with Crippen LogP contribution in [0, 0.1) is 5.82 Å². The fourth-order valence-electron chi connectivity index (χ4n) is 1.81. The summed E-state index contributed by atoms with van der Waals surface area (Å²) in [4.78, 5) is 16.9. The number of nitrogens with zero attached hydrogens (tertiary/aromatic N) is 2. The highest BCUT2D eigenvalue weighted by Gasteiger charge is 2.07. The molecule has 0 spiro atoms. The molecule has 5 nitrogen and oxygen atoms in total. The van der Waals surface area contributed by atoms with Crippen LogP contribution < -0.4 is 10.1 Å². The summed E-state index contributed by atoms with van der Waals surface area (Å²) in [5, 5.41) is 4.62. The normalized spacial score (nSPS) is 10.7. The quantitative estimate of drug-likeness (QED) is 0.786. The van der Waals surface area contributed by atoms with Crippen LogP contribution in [0.15, 0.2) is 42.0 Å². The summed E-state index contributed by atoms with van der Waals surface area (Å²) in [5.74, 6) is -0.746. The van der Waals surface area contributed by atoms with Gasteiger partial charge in [0.05, 0.1) is 12.2 Å². The second-order valence-electron chi connectivity index (χ2n) is 4.32. The number of rotatable bonds is 5. The molecule has 1 N–H and O–H groups in total. The van der Waals surface area contributed by atoms with Crippen molar-refractivity contribution in [2.45, 2.75) is 6.54 Å². The van der Waals surface area contributed by atoms with Gasteiger partial charge in [-0.05, 0) is 12.1 Å². The zero-order valence-electron chi connectivity index (χ0n) is 11.0. The van der Waals surface area contributed by atoms with Gasteiger partial charge >= 0.3 is 0 Å². The van der Waals surface area contributed by atoms with E-state index in [1.807, 2.05) is 22.2 Å². The molecule has 2 heterocycles. The molecule has 3 rings (SSSR count). The van der Waals surface area contributed by atoms with Crippen LogP contribution in [0.3, 0.4) is 0 Å². The summed E-state index contributed by atoms with van der Waals surface area (Å²) in [6, 6.07) is 5.97. The summed E-state index contributed by atoms with van der Waals surface area (Å²) in [6.07, 6.45) is 3.75. The number of nitrogens with one attached hydrogen (secondary N) is 1. The van der Waals surface area contributed by atoms with Crippen molar-refractivity contribution >= 4 is 22.2 Å². The number of halogens is 1. The molecule has 0 aliphatic rings. The first kappa shape index (κ1) is 13.6. The molecular formula is C14H12FN3O2S. The molecule has 2 aromatic heterocycles. The van der Waals surface area contributed by atoms with Gasteiger partial charge in [0.15, 0.2) is 23.1 Å². The van der Waals surface area contributed by atoms with Crippen LogP contribution in [0.2, 0.25) is 0 Å². The Morgan fingerprint density at radius 1 is 1.43 bits per heavy atom. The van der Waals surface area contributed by atoms with Crippen molar-refractivity contribution in [1.29, 1.82) is 0 Å². The first-order valence-electron chi connectivity index (χ1n) is 6.27. The molecule has 0 aliphatic carbocycles. The third kappa shape index (κ3) is 3.19. The Morgan fingerprint density at radius 2 is 2.29 bits per heavy atom. The maximum absolute atomic E-state index is 13.3. The topological polar surface area (TPSA) is 55.6 Å². The van der Waals surface area contributed by atoms with E-state index >= 15 is 0 Å². The van der Waals surface area contributed by atoms with Gasteiger partial charge in [0.2, 0.25) is 0 Å². The molecule has 0 atom stereocenters. The number of thiazole rings is 1. The Morgan fingerprint density at radius 3 is 3.10 bits per heavy atom. The number of benzene rings is 1. The number of ether oxygens (including phenoxy) is 1. The average Bonchev–Trinajstić information content (AvgIpc) is 3.05. The predicted molar refractivity (Wildman–Crippen MR) is 76.8 cm³/mol. The van der Waals surface area contributed by atoms with Crippen molar-refractivity contribution in [3.63, 3.8) is 0 Å². The van der Waals surface area contributed by atoms with Crippen molar-refractivity contribution in [2.75, 3.05) is 6.61 Å². The van der Waals surface area contributed by atoms with E-state index in [0.29, 0.717) is 6.54 Å². The van der Waals surface area contributed by atoms with Crippen LogP contribution in [0.5, 0.6) is 5.75 Å². The molecule has 0 radical (unpaired) electrons. The van der Waals surface area contributed by atoms with E-state index in [9.17, 15) is 9.18 Å². The molecule has 1 amide bonds. The number of fused-ring (bicyclic) bond motifs is 1. The molecule has 21 heavy (non-hydrogen) atoms. The lowest BCUT2D eigenvalue weighted by Gasteiger charge is -2.07. The number of carbonyl (C=O) groups is 1. The van der Waals surface area contributed by atoms with Crippen LogP contribution >= 0.6 is 11.3 Å². The van der Waals surface area contributed by atoms with Gasteiger partial charge in [-0.25, -0.2) is 9.37 Å². The van der Waals surface area contributed by atoms with Gasteiger partial charge in [-0.1, -0.05) is 12.1 Å². The zero-order valence-corrected chi connectivity index (χ0v) is 11.8. The molecule has 0 bridgehead atoms. The number of hydrogen-bond acceptors (Lipinski definition) is 4. The summed E-state index contributed by atoms with van der Waals surface area (Å²) in [5.41, 5.74) is 0.765. The number of carbonyl (C=O) groups excluding carboxylic acids is 1. The van der Waals surface area contributed by atoms with Crippen LogP contribution in [0.1, 0.15) is 5.69 Å². The predicted octanol–water partition coefficient (Wildman–Crippen LogP) is 2.23. The Hall–Kier alpha value is -2.41. The first-order chi connectivity index (χ1) is 10.2. The van der Waals surface area contributed by atoms with Gasteiger partial charge in [-0.15, -0.1) is 11.3 Å². The minimum Gasteiger partial charge on any atom is -0.481 e. The third-order valence-corrected chi connectivity index (χ3v) is 3.58. The van der Waals surface area contributed by atoms with Crippen LogP contribution in [0.25, 0.3) is 4.96 Å². The first-order valence-corrected chi connectivity index (χ1v) is 7.15. The van der Waals surface area contributed by atoms with Crippen molar-refractivity contribution < 1.29 is 13.9 Å². The summed E-state index contributed by atoms with van der Waals surface area (Å²) >= 11 is 1.52. The highest BCUT2D eigenvalue weighted by atomic mass is 32.1. The second-order valence-corrected chi connectivity index (χ2v) is 5.19. The average molecular weight is 305 g/mol. The maximum atomic E-state index is 13.3. The van der Waals surface area contributed by atoms with E-state index in [1.54, 1.807) is 12.1 Å². The van der Waals surface area contributed by atoms with E-state index in [0.717, 1.165) is 10.7 Å². The van der Waals surface area contributed by atoms with E-state index in [2.05, 4.69) is 10.3 Å². The number of amides is 1. The second kappa shape index (κ2) is 5.92. The fourth-order valence-corrected chi connectivity index (χ4v) is 2.53. The van der Waals surface area contributed by atoms with Gasteiger partial charge in [0.1, 0.15) is 0 Å². The third-order valence-electron chi connectivity index (χ3n) is 2.81. The van der Waals surface area contributed by atoms with Crippen molar-refractivity contribution in [3.8, 4) is 5.75 Å². The fraction of sp³-hybridized carbons (Fsp3) is 0.143. The summed E-state index contributed by atoms with van der Waals surface area (Å²) in [6.45, 7) is 0.0804. The number of para-hydroxylation sites is 1. The van der Waals surface area contributed by atoms with Crippen molar-refractivity contribution in [1.82, 2.24) is 14.7 Å². The van der Waals surface area contributed by atoms with E-state index in [4.69, 9.17) is 4.74 Å². The van der Waals surface area contributed by atoms with Gasteiger partial charge in [-0.3, -0.25) is 9.20 Å². The number of hydrogen-bond donors (Lipinski definition) is 1. The highest BCUT2D eigenvalue weighted by molar-refractivity contribution is 7.15. The molecule has 0 fully saturated rings. The molecule has 1 aromatic carbocycles. The maximum Gasteiger partial charge on any atom is 0.258 e. The van der Waals surface area contributed by atoms with Crippen molar-refractivity contribution in [2.24, 2.45) is 0 Å². The molecule has 108 valence electrons. The van der Waals surface area contributed by atoms with Gasteiger partial charge in [0.25, 0.3) is 5.91 Å². The Labute approximate surface area is 124 Å². The summed E-state index contributed by atoms with van der Waals surface area (Å²) in [7, 11) is 0. The smallest absolute Gasteiger partial charge is 0.258 e. The van der Waals surface area contributed by atoms with Gasteiger partial charge in [0, 0.05) is 17.8 Å². The molecule has 3 aromatic rings. The highest BCUT2D eigenvalue weighted by Crippen LogP contribution is 2.15. The Bertz CT molecular complexity index is 740. The summed E-state index contributed by atoms with van der Waals surface area (Å²) < 4.78 is 20.3. The monoisotopic (exact) mass is 305 g/mol. The van der Waals surface area contributed by atoms with Crippen LogP contribution in [-0.2, 0) is 11.3 Å². The lowest BCUT2D eigenvalue weighted by molar-refractivity contribution is -0.123. The van der Waals surface area contributed by atoms with Crippen molar-refractivity contribution in [3.05, 3.63) is 53.6 Å². The lowest BCUT2D eigenvalue weighted by atomic mass is 10.3. The van der Waals surface area contributed by atoms with E-state index in [-0.39, 0.29) is 18.3 Å². The largest absolute Gasteiger partial charge is 0.481 e. The molecule has 0 saturated carbocycles. The Balaban J connectivity index is 1.50. The molecule has 0 saturated heterocycles. The zero-order chi connectivity index (χ0) is 14.7. The molecular weight excluding hydrogens is 293 g/mol. The van der Waals surface area contributed by atoms with Crippen LogP contribution in [0.4, 0.5) is 4.39 Å². The molecule has 0 aliphatic heterocycles.